The van der Waals surface area contributed by atoms with Gasteiger partial charge >= 0.3 is 0 Å². The second-order valence-corrected chi connectivity index (χ2v) is 3.94. The fourth-order valence-electron chi connectivity index (χ4n) is 1.53. The van der Waals surface area contributed by atoms with Gasteiger partial charge in [0.2, 0.25) is 0 Å². The molecule has 0 radical (unpaired) electrons. The number of benzene rings is 1. The molecule has 0 N–H and O–H groups in total. The largest absolute Gasteiger partial charge is 0.494 e. The quantitative estimate of drug-likeness (QED) is 0.833. The summed E-state index contributed by atoms with van der Waals surface area (Å²) in [5.41, 5.74) is 0.885. The molecule has 0 aliphatic rings. The molecule has 18 heavy (non-hydrogen) atoms. The van der Waals surface area contributed by atoms with E-state index in [1.54, 1.807) is 0 Å². The van der Waals surface area contributed by atoms with Gasteiger partial charge in [0.1, 0.15) is 11.9 Å². The molecule has 0 saturated carbocycles. The van der Waals surface area contributed by atoms with E-state index in [2.05, 4.69) is 4.98 Å². The molecular weight excluding hydrogens is 255 g/mol. The van der Waals surface area contributed by atoms with E-state index in [9.17, 15) is 4.39 Å². The van der Waals surface area contributed by atoms with Crippen molar-refractivity contribution >= 4 is 11.6 Å². The maximum Gasteiger partial charge on any atom is 0.154 e. The van der Waals surface area contributed by atoms with E-state index in [1.165, 1.54) is 37.6 Å². The minimum atomic E-state index is -0.444. The minimum absolute atomic E-state index is 0.252. The molecule has 1 aromatic carbocycles. The van der Waals surface area contributed by atoms with Gasteiger partial charge in [-0.3, -0.25) is 4.98 Å². The number of nitrogens with zero attached hydrogens (tertiary/aromatic N) is 2. The Balaban J connectivity index is 2.58. The molecule has 2 aromatic rings. The maximum absolute atomic E-state index is 13.7. The average molecular weight is 263 g/mol. The van der Waals surface area contributed by atoms with Crippen LogP contribution in [0.1, 0.15) is 5.56 Å². The molecule has 0 bridgehead atoms. The van der Waals surface area contributed by atoms with Gasteiger partial charge in [0.05, 0.1) is 24.6 Å². The first-order valence-electron chi connectivity index (χ1n) is 5.05. The highest BCUT2D eigenvalue weighted by atomic mass is 35.5. The molecule has 5 heteroatoms. The van der Waals surface area contributed by atoms with Crippen LogP contribution in [-0.4, -0.2) is 12.1 Å². The van der Waals surface area contributed by atoms with Gasteiger partial charge < -0.3 is 4.74 Å². The van der Waals surface area contributed by atoms with Gasteiger partial charge in [-0.2, -0.15) is 5.26 Å². The van der Waals surface area contributed by atoms with Crippen LogP contribution in [0.25, 0.3) is 11.3 Å². The van der Waals surface area contributed by atoms with Crippen molar-refractivity contribution in [3.8, 4) is 23.1 Å². The van der Waals surface area contributed by atoms with E-state index in [-0.39, 0.29) is 5.56 Å². The van der Waals surface area contributed by atoms with Gasteiger partial charge in [-0.15, -0.1) is 0 Å². The van der Waals surface area contributed by atoms with Crippen LogP contribution < -0.4 is 4.74 Å². The van der Waals surface area contributed by atoms with Crippen molar-refractivity contribution in [2.75, 3.05) is 7.11 Å². The smallest absolute Gasteiger partial charge is 0.154 e. The van der Waals surface area contributed by atoms with Crippen molar-refractivity contribution in [2.24, 2.45) is 0 Å². The van der Waals surface area contributed by atoms with Gasteiger partial charge in [-0.05, 0) is 24.3 Å². The zero-order valence-electron chi connectivity index (χ0n) is 9.45. The number of halogens is 2. The van der Waals surface area contributed by atoms with Gasteiger partial charge in [0.15, 0.2) is 5.75 Å². The van der Waals surface area contributed by atoms with Crippen LogP contribution in [0, 0.1) is 17.1 Å². The second kappa shape index (κ2) is 5.03. The van der Waals surface area contributed by atoms with Crippen molar-refractivity contribution in [3.63, 3.8) is 0 Å². The molecule has 3 nitrogen and oxygen atoms in total. The van der Waals surface area contributed by atoms with Crippen LogP contribution >= 0.6 is 11.6 Å². The molecule has 0 unspecified atom stereocenters. The van der Waals surface area contributed by atoms with Crippen LogP contribution in [0.15, 0.2) is 30.5 Å². The molecule has 2 rings (SSSR count). The summed E-state index contributed by atoms with van der Waals surface area (Å²) in [6.07, 6.45) is 1.38. The van der Waals surface area contributed by atoms with E-state index < -0.39 is 5.82 Å². The van der Waals surface area contributed by atoms with Gasteiger partial charge in [-0.25, -0.2) is 4.39 Å². The van der Waals surface area contributed by atoms with Crippen LogP contribution in [0.3, 0.4) is 0 Å². The number of aromatic nitrogens is 1. The first kappa shape index (κ1) is 12.3. The lowest BCUT2D eigenvalue weighted by Gasteiger charge is -2.06. The summed E-state index contributed by atoms with van der Waals surface area (Å²) in [4.78, 5) is 4.06. The van der Waals surface area contributed by atoms with Crippen LogP contribution in [0.2, 0.25) is 5.02 Å². The SMILES string of the molecule is COc1cnc(-c2cc(Cl)ccc2F)cc1C#N. The van der Waals surface area contributed by atoms with Crippen molar-refractivity contribution in [3.05, 3.63) is 46.9 Å². The summed E-state index contributed by atoms with van der Waals surface area (Å²) in [7, 11) is 1.44. The molecule has 0 amide bonds. The van der Waals surface area contributed by atoms with Crippen LogP contribution in [0.5, 0.6) is 5.75 Å². The van der Waals surface area contributed by atoms with Gasteiger partial charge in [0, 0.05) is 10.6 Å². The number of hydrogen-bond donors (Lipinski definition) is 0. The lowest BCUT2D eigenvalue weighted by molar-refractivity contribution is 0.411. The standard InChI is InChI=1S/C13H8ClFN2O/c1-18-13-7-17-12(4-8(13)6-16)10-5-9(14)2-3-11(10)15/h2-5,7H,1H3. The summed E-state index contributed by atoms with van der Waals surface area (Å²) < 4.78 is 18.6. The number of pyridine rings is 1. The maximum atomic E-state index is 13.7. The average Bonchev–Trinajstić information content (AvgIpc) is 2.40. The summed E-state index contributed by atoms with van der Waals surface area (Å²) in [6, 6.07) is 7.61. The molecule has 1 heterocycles. The lowest BCUT2D eigenvalue weighted by Crippen LogP contribution is -1.93. The zero-order chi connectivity index (χ0) is 13.1. The number of ether oxygens (including phenoxy) is 1. The number of rotatable bonds is 2. The molecule has 0 fully saturated rings. The lowest BCUT2D eigenvalue weighted by atomic mass is 10.1. The number of methoxy groups -OCH3 is 1. The first-order valence-corrected chi connectivity index (χ1v) is 5.43. The predicted octanol–water partition coefficient (Wildman–Crippen LogP) is 3.42. The third-order valence-corrected chi connectivity index (χ3v) is 2.65. The Morgan fingerprint density at radius 2 is 2.17 bits per heavy atom. The monoisotopic (exact) mass is 262 g/mol. The Kier molecular flexibility index (Phi) is 3.45. The van der Waals surface area contributed by atoms with Gasteiger partial charge in [0.25, 0.3) is 0 Å². The Morgan fingerprint density at radius 3 is 2.83 bits per heavy atom. The van der Waals surface area contributed by atoms with Crippen molar-refractivity contribution in [1.82, 2.24) is 4.98 Å². The highest BCUT2D eigenvalue weighted by Crippen LogP contribution is 2.27. The predicted molar refractivity (Wildman–Crippen MR) is 65.9 cm³/mol. The van der Waals surface area contributed by atoms with E-state index in [1.807, 2.05) is 6.07 Å². The van der Waals surface area contributed by atoms with E-state index >= 15 is 0 Å². The molecule has 0 spiro atoms. The Bertz CT molecular complexity index is 637. The first-order chi connectivity index (χ1) is 8.65. The van der Waals surface area contributed by atoms with Crippen LogP contribution in [0.4, 0.5) is 4.39 Å². The molecule has 0 atom stereocenters. The van der Waals surface area contributed by atoms with Crippen molar-refractivity contribution < 1.29 is 9.13 Å². The van der Waals surface area contributed by atoms with Crippen LogP contribution in [-0.2, 0) is 0 Å². The van der Waals surface area contributed by atoms with Crippen molar-refractivity contribution in [1.29, 1.82) is 5.26 Å². The van der Waals surface area contributed by atoms with E-state index in [4.69, 9.17) is 21.6 Å². The van der Waals surface area contributed by atoms with E-state index in [0.29, 0.717) is 22.0 Å². The molecule has 0 aliphatic carbocycles. The second-order valence-electron chi connectivity index (χ2n) is 3.51. The molecule has 0 saturated heterocycles. The molecule has 90 valence electrons. The minimum Gasteiger partial charge on any atom is -0.494 e. The number of nitriles is 1. The molecule has 0 aliphatic heterocycles. The van der Waals surface area contributed by atoms with Gasteiger partial charge in [-0.1, -0.05) is 11.6 Å². The third-order valence-electron chi connectivity index (χ3n) is 2.41. The topological polar surface area (TPSA) is 45.9 Å². The fourth-order valence-corrected chi connectivity index (χ4v) is 1.71. The highest BCUT2D eigenvalue weighted by molar-refractivity contribution is 6.30. The van der Waals surface area contributed by atoms with Crippen molar-refractivity contribution in [2.45, 2.75) is 0 Å². The highest BCUT2D eigenvalue weighted by Gasteiger charge is 2.11. The molecule has 1 aromatic heterocycles. The Labute approximate surface area is 108 Å². The third kappa shape index (κ3) is 2.27. The fraction of sp³-hybridized carbons (Fsp3) is 0.0769. The molecular formula is C13H8ClFN2O. The van der Waals surface area contributed by atoms with E-state index in [0.717, 1.165) is 0 Å². The Morgan fingerprint density at radius 1 is 1.39 bits per heavy atom. The summed E-state index contributed by atoms with van der Waals surface area (Å²) in [5, 5.41) is 9.37. The summed E-state index contributed by atoms with van der Waals surface area (Å²) in [6.45, 7) is 0. The Hall–Kier alpha value is -2.12. The zero-order valence-corrected chi connectivity index (χ0v) is 10.2. The summed E-state index contributed by atoms with van der Waals surface area (Å²) >= 11 is 5.81. The number of hydrogen-bond acceptors (Lipinski definition) is 3. The normalized spacial score (nSPS) is 9.89. The summed E-state index contributed by atoms with van der Waals surface area (Å²) in [5.74, 6) is -0.0929.